The molecule has 0 amide bonds. The summed E-state index contributed by atoms with van der Waals surface area (Å²) in [6.45, 7) is 2.28. The molecule has 2 rings (SSSR count). The van der Waals surface area contributed by atoms with Crippen LogP contribution in [-0.2, 0) is 10.0 Å². The van der Waals surface area contributed by atoms with Crippen LogP contribution in [0.2, 0.25) is 0 Å². The third-order valence-corrected chi connectivity index (χ3v) is 5.17. The van der Waals surface area contributed by atoms with Crippen LogP contribution in [0.4, 0.5) is 0 Å². The number of hydrogen-bond acceptors (Lipinski definition) is 4. The second-order valence-corrected chi connectivity index (χ2v) is 6.21. The van der Waals surface area contributed by atoms with Gasteiger partial charge < -0.3 is 5.11 Å². The minimum atomic E-state index is -3.52. The Kier molecular flexibility index (Phi) is 3.46. The van der Waals surface area contributed by atoms with Crippen molar-refractivity contribution in [3.05, 3.63) is 24.5 Å². The Morgan fingerprint density at radius 2 is 2.35 bits per heavy atom. The fourth-order valence-electron chi connectivity index (χ4n) is 2.18. The zero-order valence-electron chi connectivity index (χ0n) is 9.65. The maximum atomic E-state index is 12.3. The third-order valence-electron chi connectivity index (χ3n) is 3.26. The van der Waals surface area contributed by atoms with Gasteiger partial charge in [0.1, 0.15) is 4.90 Å². The quantitative estimate of drug-likeness (QED) is 0.853. The first-order valence-corrected chi connectivity index (χ1v) is 7.04. The van der Waals surface area contributed by atoms with E-state index in [1.54, 1.807) is 6.07 Å². The first-order valence-electron chi connectivity index (χ1n) is 5.60. The van der Waals surface area contributed by atoms with E-state index in [9.17, 15) is 13.5 Å². The summed E-state index contributed by atoms with van der Waals surface area (Å²) in [6, 6.07) is 2.81. The summed E-state index contributed by atoms with van der Waals surface area (Å²) in [5.74, 6) is 0.187. The molecule has 2 unspecified atom stereocenters. The first kappa shape index (κ1) is 12.5. The molecule has 2 heterocycles. The molecule has 0 radical (unpaired) electrons. The molecule has 2 atom stereocenters. The van der Waals surface area contributed by atoms with Gasteiger partial charge in [0.25, 0.3) is 0 Å². The smallest absolute Gasteiger partial charge is 0.244 e. The molecule has 1 aromatic heterocycles. The zero-order valence-corrected chi connectivity index (χ0v) is 10.5. The van der Waals surface area contributed by atoms with E-state index in [0.717, 1.165) is 6.42 Å². The van der Waals surface area contributed by atoms with Crippen LogP contribution >= 0.6 is 0 Å². The number of aliphatic hydroxyl groups is 1. The van der Waals surface area contributed by atoms with Crippen LogP contribution in [0.15, 0.2) is 29.4 Å². The van der Waals surface area contributed by atoms with E-state index in [2.05, 4.69) is 4.98 Å². The predicted molar refractivity (Wildman–Crippen MR) is 62.8 cm³/mol. The van der Waals surface area contributed by atoms with Crippen molar-refractivity contribution < 1.29 is 13.5 Å². The van der Waals surface area contributed by atoms with Crippen molar-refractivity contribution in [2.75, 3.05) is 13.2 Å². The van der Waals surface area contributed by atoms with Gasteiger partial charge in [-0.25, -0.2) is 8.42 Å². The number of rotatable bonds is 3. The van der Waals surface area contributed by atoms with Gasteiger partial charge in [0, 0.05) is 18.9 Å². The Morgan fingerprint density at radius 3 is 2.94 bits per heavy atom. The van der Waals surface area contributed by atoms with Crippen molar-refractivity contribution in [2.45, 2.75) is 24.3 Å². The highest BCUT2D eigenvalue weighted by atomic mass is 32.2. The first-order chi connectivity index (χ1) is 8.07. The van der Waals surface area contributed by atoms with Crippen LogP contribution in [0.5, 0.6) is 0 Å². The lowest BCUT2D eigenvalue weighted by molar-refractivity contribution is 0.191. The number of aromatic nitrogens is 1. The summed E-state index contributed by atoms with van der Waals surface area (Å²) in [6.07, 6.45) is 3.66. The average Bonchev–Trinajstić information content (AvgIpc) is 2.72. The predicted octanol–water partition coefficient (Wildman–Crippen LogP) is 0.473. The van der Waals surface area contributed by atoms with Gasteiger partial charge >= 0.3 is 0 Å². The molecule has 1 N–H and O–H groups in total. The van der Waals surface area contributed by atoms with Gasteiger partial charge in [-0.1, -0.05) is 6.92 Å². The molecule has 1 aromatic rings. The van der Waals surface area contributed by atoms with Crippen molar-refractivity contribution in [1.29, 1.82) is 0 Å². The van der Waals surface area contributed by atoms with Gasteiger partial charge in [-0.15, -0.1) is 0 Å². The molecule has 1 saturated heterocycles. The second-order valence-electron chi connectivity index (χ2n) is 4.32. The van der Waals surface area contributed by atoms with E-state index in [1.807, 2.05) is 6.92 Å². The molecule has 1 fully saturated rings. The monoisotopic (exact) mass is 256 g/mol. The number of aliphatic hydroxyl groups excluding tert-OH is 1. The number of pyridine rings is 1. The van der Waals surface area contributed by atoms with Crippen molar-refractivity contribution >= 4 is 10.0 Å². The van der Waals surface area contributed by atoms with Gasteiger partial charge in [-0.2, -0.15) is 4.31 Å². The topological polar surface area (TPSA) is 70.5 Å². The molecule has 5 nitrogen and oxygen atoms in total. The van der Waals surface area contributed by atoms with Crippen LogP contribution in [-0.4, -0.2) is 42.0 Å². The van der Waals surface area contributed by atoms with Crippen LogP contribution in [0.3, 0.4) is 0 Å². The molecular weight excluding hydrogens is 240 g/mol. The van der Waals surface area contributed by atoms with Crippen molar-refractivity contribution in [1.82, 2.24) is 9.29 Å². The van der Waals surface area contributed by atoms with Gasteiger partial charge in [-0.3, -0.25) is 4.98 Å². The second kappa shape index (κ2) is 4.72. The summed E-state index contributed by atoms with van der Waals surface area (Å²) < 4.78 is 26.0. The zero-order chi connectivity index (χ0) is 12.5. The normalized spacial score (nSPS) is 26.2. The molecule has 0 aliphatic carbocycles. The van der Waals surface area contributed by atoms with E-state index in [-0.39, 0.29) is 23.5 Å². The molecule has 0 spiro atoms. The molecular formula is C11H16N2O3S. The third kappa shape index (κ3) is 2.20. The number of nitrogens with zero attached hydrogens (tertiary/aromatic N) is 2. The average molecular weight is 256 g/mol. The molecule has 0 saturated carbocycles. The lowest BCUT2D eigenvalue weighted by atomic mass is 10.0. The lowest BCUT2D eigenvalue weighted by Crippen LogP contribution is -2.39. The number of sulfonamides is 1. The van der Waals surface area contributed by atoms with Crippen LogP contribution in [0, 0.1) is 5.92 Å². The SMILES string of the molecule is CC1CCN(S(=O)(=O)c2cccnc2)C1CO. The highest BCUT2D eigenvalue weighted by Crippen LogP contribution is 2.29. The Morgan fingerprint density at radius 1 is 1.59 bits per heavy atom. The summed E-state index contributed by atoms with van der Waals surface area (Å²) in [4.78, 5) is 4.01. The minimum absolute atomic E-state index is 0.138. The fourth-order valence-corrected chi connectivity index (χ4v) is 3.87. The molecule has 6 heteroatoms. The maximum Gasteiger partial charge on any atom is 0.244 e. The van der Waals surface area contributed by atoms with Gasteiger partial charge in [0.05, 0.1) is 12.6 Å². The molecule has 0 aromatic carbocycles. The summed E-state index contributed by atoms with van der Waals surface area (Å²) in [5.41, 5.74) is 0. The van der Waals surface area contributed by atoms with E-state index in [1.165, 1.54) is 22.8 Å². The molecule has 17 heavy (non-hydrogen) atoms. The van der Waals surface area contributed by atoms with E-state index in [4.69, 9.17) is 0 Å². The molecule has 94 valence electrons. The lowest BCUT2D eigenvalue weighted by Gasteiger charge is -2.24. The van der Waals surface area contributed by atoms with Crippen LogP contribution in [0.1, 0.15) is 13.3 Å². The summed E-state index contributed by atoms with van der Waals surface area (Å²) in [5, 5.41) is 9.30. The Bertz CT molecular complexity index is 475. The Balaban J connectivity index is 2.34. The van der Waals surface area contributed by atoms with Gasteiger partial charge in [-0.05, 0) is 24.5 Å². The summed E-state index contributed by atoms with van der Waals surface area (Å²) in [7, 11) is -3.52. The number of hydrogen-bond donors (Lipinski definition) is 1. The van der Waals surface area contributed by atoms with E-state index in [0.29, 0.717) is 6.54 Å². The van der Waals surface area contributed by atoms with E-state index >= 15 is 0 Å². The highest BCUT2D eigenvalue weighted by molar-refractivity contribution is 7.89. The van der Waals surface area contributed by atoms with Gasteiger partial charge in [0.2, 0.25) is 10.0 Å². The van der Waals surface area contributed by atoms with Crippen molar-refractivity contribution in [3.63, 3.8) is 0 Å². The van der Waals surface area contributed by atoms with Crippen LogP contribution in [0.25, 0.3) is 0 Å². The fraction of sp³-hybridized carbons (Fsp3) is 0.545. The highest BCUT2D eigenvalue weighted by Gasteiger charge is 2.39. The Labute approximate surface area is 101 Å². The van der Waals surface area contributed by atoms with Gasteiger partial charge in [0.15, 0.2) is 0 Å². The Hall–Kier alpha value is -0.980. The largest absolute Gasteiger partial charge is 0.395 e. The van der Waals surface area contributed by atoms with Crippen molar-refractivity contribution in [3.8, 4) is 0 Å². The molecule has 1 aliphatic heterocycles. The molecule has 1 aliphatic rings. The van der Waals surface area contributed by atoms with E-state index < -0.39 is 10.0 Å². The van der Waals surface area contributed by atoms with Crippen molar-refractivity contribution in [2.24, 2.45) is 5.92 Å². The van der Waals surface area contributed by atoms with Crippen LogP contribution < -0.4 is 0 Å². The molecule has 0 bridgehead atoms. The maximum absolute atomic E-state index is 12.3. The standard InChI is InChI=1S/C11H16N2O3S/c1-9-4-6-13(11(9)8-14)17(15,16)10-3-2-5-12-7-10/h2-3,5,7,9,11,14H,4,6,8H2,1H3. The summed E-state index contributed by atoms with van der Waals surface area (Å²) >= 11 is 0. The minimum Gasteiger partial charge on any atom is -0.395 e.